The van der Waals surface area contributed by atoms with Gasteiger partial charge in [0.05, 0.1) is 16.8 Å². The number of aryl methyl sites for hydroxylation is 2. The van der Waals surface area contributed by atoms with Crippen molar-refractivity contribution in [1.82, 2.24) is 9.97 Å². The first-order chi connectivity index (χ1) is 19.9. The van der Waals surface area contributed by atoms with Gasteiger partial charge in [-0.3, -0.25) is 9.97 Å². The Morgan fingerprint density at radius 1 is 0.780 bits per heavy atom. The minimum absolute atomic E-state index is 0.529. The van der Waals surface area contributed by atoms with Crippen molar-refractivity contribution in [3.8, 4) is 33.5 Å². The van der Waals surface area contributed by atoms with Crippen molar-refractivity contribution in [2.24, 2.45) is 0 Å². The van der Waals surface area contributed by atoms with E-state index < -0.39 is 11.7 Å². The molecule has 0 fully saturated rings. The molecule has 0 unspecified atom stereocenters. The zero-order valence-corrected chi connectivity index (χ0v) is 23.1. The molecule has 0 N–H and O–H groups in total. The number of alkyl halides is 3. The van der Waals surface area contributed by atoms with Crippen LogP contribution in [0.5, 0.6) is 0 Å². The molecule has 2 nitrogen and oxygen atoms in total. The molecule has 0 atom stereocenters. The van der Waals surface area contributed by atoms with Crippen LogP contribution in [0.1, 0.15) is 34.9 Å². The third-order valence-corrected chi connectivity index (χ3v) is 9.01. The van der Waals surface area contributed by atoms with E-state index in [1.165, 1.54) is 32.7 Å². The second-order valence-corrected chi connectivity index (χ2v) is 11.6. The topological polar surface area (TPSA) is 25.8 Å². The van der Waals surface area contributed by atoms with Crippen molar-refractivity contribution in [3.63, 3.8) is 0 Å². The number of hydrogen-bond acceptors (Lipinski definition) is 3. The number of thiophene rings is 1. The monoisotopic (exact) mass is 562 g/mol. The molecule has 0 bridgehead atoms. The number of allylic oxidation sites excluding steroid dienone is 1. The molecule has 6 heteroatoms. The molecule has 3 aromatic heterocycles. The normalized spacial score (nSPS) is 13.2. The molecule has 3 heterocycles. The molecule has 7 rings (SSSR count). The summed E-state index contributed by atoms with van der Waals surface area (Å²) in [5.74, 6) is 0. The van der Waals surface area contributed by atoms with E-state index in [1.54, 1.807) is 6.20 Å². The van der Waals surface area contributed by atoms with Gasteiger partial charge in [-0.2, -0.15) is 13.2 Å². The van der Waals surface area contributed by atoms with Crippen molar-refractivity contribution in [1.29, 1.82) is 0 Å². The maximum atomic E-state index is 13.5. The first-order valence-electron chi connectivity index (χ1n) is 13.7. The number of pyridine rings is 2. The fourth-order valence-corrected chi connectivity index (χ4v) is 6.72. The molecule has 0 saturated heterocycles. The van der Waals surface area contributed by atoms with Gasteiger partial charge in [0.1, 0.15) is 0 Å². The van der Waals surface area contributed by atoms with Gasteiger partial charge < -0.3 is 0 Å². The summed E-state index contributed by atoms with van der Waals surface area (Å²) >= 11 is 1.88. The average molecular weight is 563 g/mol. The van der Waals surface area contributed by atoms with Crippen molar-refractivity contribution < 1.29 is 13.2 Å². The summed E-state index contributed by atoms with van der Waals surface area (Å²) in [6.45, 7) is 1.86. The van der Waals surface area contributed by atoms with Crippen LogP contribution in [0.15, 0.2) is 91.3 Å². The van der Waals surface area contributed by atoms with E-state index in [-0.39, 0.29) is 0 Å². The number of aromatic nitrogens is 2. The predicted molar refractivity (Wildman–Crippen MR) is 163 cm³/mol. The Balaban J connectivity index is 1.18. The quantitative estimate of drug-likeness (QED) is 0.214. The van der Waals surface area contributed by atoms with E-state index in [0.717, 1.165) is 46.1 Å². The highest BCUT2D eigenvalue weighted by Crippen LogP contribution is 2.38. The van der Waals surface area contributed by atoms with Crippen LogP contribution in [-0.4, -0.2) is 9.97 Å². The summed E-state index contributed by atoms with van der Waals surface area (Å²) < 4.78 is 41.7. The number of benzene rings is 3. The largest absolute Gasteiger partial charge is 0.416 e. The average Bonchev–Trinajstić information content (AvgIpc) is 3.38. The van der Waals surface area contributed by atoms with Gasteiger partial charge in [0.15, 0.2) is 0 Å². The van der Waals surface area contributed by atoms with Gasteiger partial charge in [-0.1, -0.05) is 49.4 Å². The zero-order chi connectivity index (χ0) is 28.1. The fraction of sp³-hybridized carbons (Fsp3) is 0.143. The molecule has 0 radical (unpaired) electrons. The van der Waals surface area contributed by atoms with Crippen LogP contribution >= 0.6 is 11.3 Å². The summed E-state index contributed by atoms with van der Waals surface area (Å²) in [6.07, 6.45) is 6.52. The molecule has 0 aliphatic heterocycles. The lowest BCUT2D eigenvalue weighted by molar-refractivity contribution is -0.137. The minimum atomic E-state index is -4.39. The molecular formula is C35H25F3N2S. The van der Waals surface area contributed by atoms with Crippen molar-refractivity contribution >= 4 is 38.4 Å². The summed E-state index contributed by atoms with van der Waals surface area (Å²) in [6, 6.07) is 22.6. The molecule has 0 spiro atoms. The van der Waals surface area contributed by atoms with Crippen molar-refractivity contribution in [3.05, 3.63) is 113 Å². The molecule has 1 aliphatic rings. The second kappa shape index (κ2) is 9.96. The van der Waals surface area contributed by atoms with Gasteiger partial charge in [-0.25, -0.2) is 0 Å². The Labute approximate surface area is 239 Å². The van der Waals surface area contributed by atoms with E-state index in [4.69, 9.17) is 4.98 Å². The lowest BCUT2D eigenvalue weighted by Gasteiger charge is -2.12. The molecule has 1 aliphatic carbocycles. The molecule has 0 saturated carbocycles. The van der Waals surface area contributed by atoms with Crippen LogP contribution in [0.4, 0.5) is 13.2 Å². The van der Waals surface area contributed by atoms with Crippen molar-refractivity contribution in [2.75, 3.05) is 0 Å². The maximum Gasteiger partial charge on any atom is 0.416 e. The molecule has 202 valence electrons. The smallest absolute Gasteiger partial charge is 0.256 e. The Kier molecular flexibility index (Phi) is 6.24. The van der Waals surface area contributed by atoms with Crippen LogP contribution in [0.3, 0.4) is 0 Å². The highest BCUT2D eigenvalue weighted by molar-refractivity contribution is 7.19. The van der Waals surface area contributed by atoms with Crippen LogP contribution in [0.2, 0.25) is 0 Å². The number of halogens is 3. The second-order valence-electron chi connectivity index (χ2n) is 10.4. The number of rotatable bonds is 4. The van der Waals surface area contributed by atoms with E-state index >= 15 is 0 Å². The van der Waals surface area contributed by atoms with Gasteiger partial charge >= 0.3 is 6.18 Å². The third-order valence-electron chi connectivity index (χ3n) is 7.76. The Bertz CT molecular complexity index is 1970. The van der Waals surface area contributed by atoms with Crippen molar-refractivity contribution in [2.45, 2.75) is 32.4 Å². The molecule has 6 aromatic rings. The molecule has 3 aromatic carbocycles. The van der Waals surface area contributed by atoms with E-state index in [0.29, 0.717) is 23.1 Å². The number of fused-ring (bicyclic) bond motifs is 4. The summed E-state index contributed by atoms with van der Waals surface area (Å²) in [7, 11) is 0. The Hall–Kier alpha value is -4.29. The van der Waals surface area contributed by atoms with Gasteiger partial charge in [0, 0.05) is 49.4 Å². The molecule has 41 heavy (non-hydrogen) atoms. The lowest BCUT2D eigenvalue weighted by atomic mass is 9.97. The first-order valence-corrected chi connectivity index (χ1v) is 14.5. The minimum Gasteiger partial charge on any atom is -0.256 e. The van der Waals surface area contributed by atoms with E-state index in [1.807, 2.05) is 60.9 Å². The number of nitrogens with zero attached hydrogens (tertiary/aromatic N) is 2. The first kappa shape index (κ1) is 25.7. The van der Waals surface area contributed by atoms with Crippen LogP contribution in [-0.2, 0) is 19.0 Å². The standard InChI is InChI=1S/C35H25F3N2S/c1-2-21-13-26(16-28(14-21)35(36,37)38)22-7-8-23-15-27(20-40-32(23)18-22)25-9-11-31(39-19-25)24-10-12-34-30(17-24)29-5-3-4-6-33(29)41-34/h3,5,7-20H,2,4,6H2,1H3. The SMILES string of the molecule is CCc1cc(-c2ccc3cc(-c4ccc(-c5ccc6sc7c(c6c5)C=CCC7)nc4)cnc3c2)cc(C(F)(F)F)c1. The Morgan fingerprint density at radius 3 is 2.41 bits per heavy atom. The van der Waals surface area contributed by atoms with Crippen LogP contribution in [0.25, 0.3) is 60.6 Å². The summed E-state index contributed by atoms with van der Waals surface area (Å²) in [5, 5.41) is 2.21. The zero-order valence-electron chi connectivity index (χ0n) is 22.3. The van der Waals surface area contributed by atoms with Crippen LogP contribution in [0, 0.1) is 0 Å². The van der Waals surface area contributed by atoms with E-state index in [2.05, 4.69) is 41.4 Å². The Morgan fingerprint density at radius 2 is 1.61 bits per heavy atom. The summed E-state index contributed by atoms with van der Waals surface area (Å²) in [4.78, 5) is 10.9. The maximum absolute atomic E-state index is 13.5. The van der Waals surface area contributed by atoms with Gasteiger partial charge in [-0.05, 0) is 84.0 Å². The predicted octanol–water partition coefficient (Wildman–Crippen LogP) is 10.4. The number of hydrogen-bond donors (Lipinski definition) is 0. The van der Waals surface area contributed by atoms with Crippen LogP contribution < -0.4 is 0 Å². The van der Waals surface area contributed by atoms with Gasteiger partial charge in [0.25, 0.3) is 0 Å². The molecular weight excluding hydrogens is 537 g/mol. The van der Waals surface area contributed by atoms with Gasteiger partial charge in [-0.15, -0.1) is 11.3 Å². The lowest BCUT2D eigenvalue weighted by Crippen LogP contribution is -2.06. The van der Waals surface area contributed by atoms with Gasteiger partial charge in [0.2, 0.25) is 0 Å². The summed E-state index contributed by atoms with van der Waals surface area (Å²) in [5.41, 5.74) is 7.25. The highest BCUT2D eigenvalue weighted by atomic mass is 32.1. The van der Waals surface area contributed by atoms with E-state index in [9.17, 15) is 13.2 Å². The highest BCUT2D eigenvalue weighted by Gasteiger charge is 2.31. The third kappa shape index (κ3) is 4.82. The molecule has 0 amide bonds. The fourth-order valence-electron chi connectivity index (χ4n) is 5.53.